The number of hydrogen-bond acceptors (Lipinski definition) is 1. The molecule has 19 heavy (non-hydrogen) atoms. The van der Waals surface area contributed by atoms with Crippen LogP contribution in [-0.4, -0.2) is 12.6 Å². The van der Waals surface area contributed by atoms with Gasteiger partial charge in [0.15, 0.2) is 0 Å². The van der Waals surface area contributed by atoms with Gasteiger partial charge in [-0.2, -0.15) is 0 Å². The Bertz CT molecular complexity index is 365. The van der Waals surface area contributed by atoms with Gasteiger partial charge >= 0.3 is 0 Å². The van der Waals surface area contributed by atoms with Crippen LogP contribution < -0.4 is 5.32 Å². The maximum Gasteiger partial charge on any atom is 0.0164 e. The Balaban J connectivity index is 2.02. The highest BCUT2D eigenvalue weighted by Crippen LogP contribution is 2.52. The topological polar surface area (TPSA) is 12.0 Å². The normalized spacial score (nSPS) is 18.5. The standard InChI is InChI=1S/C18H29N/c1-4-19-17(12-8-9-15(2)3)18(13-14-18)16-10-6-5-7-11-16/h5-7,10-11,15,17,19H,4,8-9,12-14H2,1-3H3. The molecule has 1 atom stereocenters. The zero-order valence-electron chi connectivity index (χ0n) is 12.8. The minimum atomic E-state index is 0.439. The molecule has 0 amide bonds. The van der Waals surface area contributed by atoms with Crippen molar-refractivity contribution in [2.45, 2.75) is 64.3 Å². The van der Waals surface area contributed by atoms with E-state index in [9.17, 15) is 0 Å². The molecule has 0 radical (unpaired) electrons. The molecule has 1 unspecified atom stereocenters. The van der Waals surface area contributed by atoms with Crippen LogP contribution in [0.4, 0.5) is 0 Å². The van der Waals surface area contributed by atoms with Crippen LogP contribution in [0, 0.1) is 5.92 Å². The summed E-state index contributed by atoms with van der Waals surface area (Å²) < 4.78 is 0. The van der Waals surface area contributed by atoms with Crippen LogP contribution in [0.3, 0.4) is 0 Å². The van der Waals surface area contributed by atoms with Gasteiger partial charge in [-0.15, -0.1) is 0 Å². The van der Waals surface area contributed by atoms with Gasteiger partial charge in [-0.1, -0.05) is 63.9 Å². The SMILES string of the molecule is CCNC(CCCC(C)C)C1(c2ccccc2)CC1. The highest BCUT2D eigenvalue weighted by Gasteiger charge is 2.49. The Morgan fingerprint density at radius 1 is 1.11 bits per heavy atom. The summed E-state index contributed by atoms with van der Waals surface area (Å²) in [6.45, 7) is 7.97. The van der Waals surface area contributed by atoms with E-state index in [-0.39, 0.29) is 0 Å². The molecule has 1 heteroatoms. The number of nitrogens with one attached hydrogen (secondary N) is 1. The number of rotatable bonds is 8. The van der Waals surface area contributed by atoms with Gasteiger partial charge in [0, 0.05) is 11.5 Å². The summed E-state index contributed by atoms with van der Waals surface area (Å²) in [5.41, 5.74) is 1.99. The van der Waals surface area contributed by atoms with E-state index < -0.39 is 0 Å². The van der Waals surface area contributed by atoms with Crippen molar-refractivity contribution in [3.8, 4) is 0 Å². The smallest absolute Gasteiger partial charge is 0.0164 e. The van der Waals surface area contributed by atoms with Gasteiger partial charge in [-0.05, 0) is 37.3 Å². The summed E-state index contributed by atoms with van der Waals surface area (Å²) >= 11 is 0. The Kier molecular flexibility index (Phi) is 5.04. The molecule has 0 bridgehead atoms. The average molecular weight is 259 g/mol. The van der Waals surface area contributed by atoms with Crippen molar-refractivity contribution in [3.63, 3.8) is 0 Å². The molecule has 1 fully saturated rings. The maximum absolute atomic E-state index is 3.76. The summed E-state index contributed by atoms with van der Waals surface area (Å²) in [5, 5.41) is 3.76. The lowest BCUT2D eigenvalue weighted by molar-refractivity contribution is 0.375. The molecule has 1 aliphatic rings. The third-order valence-electron chi connectivity index (χ3n) is 4.53. The van der Waals surface area contributed by atoms with E-state index in [1.54, 1.807) is 5.56 Å². The van der Waals surface area contributed by atoms with Crippen molar-refractivity contribution in [1.82, 2.24) is 5.32 Å². The third-order valence-corrected chi connectivity index (χ3v) is 4.53. The van der Waals surface area contributed by atoms with Crippen LogP contribution in [0.15, 0.2) is 30.3 Å². The van der Waals surface area contributed by atoms with Crippen molar-refractivity contribution >= 4 is 0 Å². The van der Waals surface area contributed by atoms with Crippen molar-refractivity contribution in [3.05, 3.63) is 35.9 Å². The Morgan fingerprint density at radius 2 is 1.79 bits per heavy atom. The van der Waals surface area contributed by atoms with Crippen LogP contribution >= 0.6 is 0 Å². The summed E-state index contributed by atoms with van der Waals surface area (Å²) in [6.07, 6.45) is 6.74. The van der Waals surface area contributed by atoms with Crippen LogP contribution in [0.25, 0.3) is 0 Å². The van der Waals surface area contributed by atoms with Crippen LogP contribution in [-0.2, 0) is 5.41 Å². The molecule has 1 aromatic carbocycles. The first kappa shape index (κ1) is 14.6. The fraction of sp³-hybridized carbons (Fsp3) is 0.667. The zero-order valence-corrected chi connectivity index (χ0v) is 12.8. The van der Waals surface area contributed by atoms with Crippen molar-refractivity contribution in [1.29, 1.82) is 0 Å². The largest absolute Gasteiger partial charge is 0.313 e. The minimum Gasteiger partial charge on any atom is -0.313 e. The van der Waals surface area contributed by atoms with E-state index in [2.05, 4.69) is 56.4 Å². The lowest BCUT2D eigenvalue weighted by Crippen LogP contribution is -2.40. The summed E-state index contributed by atoms with van der Waals surface area (Å²) in [7, 11) is 0. The molecule has 0 heterocycles. The van der Waals surface area contributed by atoms with Crippen molar-refractivity contribution in [2.75, 3.05) is 6.54 Å². The molecule has 1 saturated carbocycles. The first-order valence-corrected chi connectivity index (χ1v) is 7.98. The summed E-state index contributed by atoms with van der Waals surface area (Å²) in [4.78, 5) is 0. The van der Waals surface area contributed by atoms with Crippen LogP contribution in [0.1, 0.15) is 58.4 Å². The molecule has 1 N–H and O–H groups in total. The molecule has 1 aromatic rings. The number of likely N-dealkylation sites (N-methyl/N-ethyl adjacent to an activating group) is 1. The second-order valence-corrected chi connectivity index (χ2v) is 6.46. The molecular formula is C18H29N. The lowest BCUT2D eigenvalue weighted by Gasteiger charge is -2.29. The van der Waals surface area contributed by atoms with E-state index in [1.165, 1.54) is 32.1 Å². The number of benzene rings is 1. The van der Waals surface area contributed by atoms with Gasteiger partial charge < -0.3 is 5.32 Å². The summed E-state index contributed by atoms with van der Waals surface area (Å²) in [5.74, 6) is 0.828. The molecule has 106 valence electrons. The first-order valence-electron chi connectivity index (χ1n) is 7.98. The van der Waals surface area contributed by atoms with Gasteiger partial charge in [-0.25, -0.2) is 0 Å². The predicted molar refractivity (Wildman–Crippen MR) is 83.5 cm³/mol. The zero-order chi connectivity index (χ0) is 13.7. The second kappa shape index (κ2) is 6.56. The van der Waals surface area contributed by atoms with E-state index >= 15 is 0 Å². The molecule has 0 aliphatic heterocycles. The minimum absolute atomic E-state index is 0.439. The van der Waals surface area contributed by atoms with Crippen LogP contribution in [0.2, 0.25) is 0 Å². The first-order chi connectivity index (χ1) is 9.19. The van der Waals surface area contributed by atoms with E-state index in [1.807, 2.05) is 0 Å². The Morgan fingerprint density at radius 3 is 2.32 bits per heavy atom. The fourth-order valence-electron chi connectivity index (χ4n) is 3.29. The van der Waals surface area contributed by atoms with Gasteiger partial charge in [0.25, 0.3) is 0 Å². The molecule has 1 aliphatic carbocycles. The highest BCUT2D eigenvalue weighted by atomic mass is 14.9. The molecule has 0 saturated heterocycles. The van der Waals surface area contributed by atoms with Gasteiger partial charge in [0.05, 0.1) is 0 Å². The van der Waals surface area contributed by atoms with Gasteiger partial charge in [0.1, 0.15) is 0 Å². The molecular weight excluding hydrogens is 230 g/mol. The lowest BCUT2D eigenvalue weighted by atomic mass is 9.84. The molecule has 0 spiro atoms. The van der Waals surface area contributed by atoms with E-state index in [0.717, 1.165) is 12.5 Å². The molecule has 0 aromatic heterocycles. The highest BCUT2D eigenvalue weighted by molar-refractivity contribution is 5.33. The second-order valence-electron chi connectivity index (χ2n) is 6.46. The van der Waals surface area contributed by atoms with Crippen molar-refractivity contribution in [2.24, 2.45) is 5.92 Å². The Labute approximate surface area is 118 Å². The van der Waals surface area contributed by atoms with E-state index in [0.29, 0.717) is 11.5 Å². The predicted octanol–water partition coefficient (Wildman–Crippen LogP) is 4.52. The van der Waals surface area contributed by atoms with Crippen LogP contribution in [0.5, 0.6) is 0 Å². The van der Waals surface area contributed by atoms with Gasteiger partial charge in [-0.3, -0.25) is 0 Å². The average Bonchev–Trinajstić information content (AvgIpc) is 3.20. The fourth-order valence-corrected chi connectivity index (χ4v) is 3.29. The Hall–Kier alpha value is -0.820. The van der Waals surface area contributed by atoms with Gasteiger partial charge in [0.2, 0.25) is 0 Å². The van der Waals surface area contributed by atoms with E-state index in [4.69, 9.17) is 0 Å². The summed E-state index contributed by atoms with van der Waals surface area (Å²) in [6, 6.07) is 11.8. The monoisotopic (exact) mass is 259 g/mol. The molecule has 2 rings (SSSR count). The maximum atomic E-state index is 3.76. The number of hydrogen-bond donors (Lipinski definition) is 1. The quantitative estimate of drug-likeness (QED) is 0.723. The third kappa shape index (κ3) is 3.60. The van der Waals surface area contributed by atoms with Crippen molar-refractivity contribution < 1.29 is 0 Å². The molecule has 1 nitrogen and oxygen atoms in total.